The van der Waals surface area contributed by atoms with E-state index in [4.69, 9.17) is 5.73 Å². The summed E-state index contributed by atoms with van der Waals surface area (Å²) in [6.07, 6.45) is 3.34. The summed E-state index contributed by atoms with van der Waals surface area (Å²) in [6, 6.07) is 0. The van der Waals surface area contributed by atoms with Crippen LogP contribution >= 0.6 is 0 Å². The van der Waals surface area contributed by atoms with Gasteiger partial charge in [0.1, 0.15) is 5.69 Å². The van der Waals surface area contributed by atoms with Gasteiger partial charge in [0.05, 0.1) is 10.5 Å². The zero-order chi connectivity index (χ0) is 14.9. The van der Waals surface area contributed by atoms with Crippen molar-refractivity contribution >= 4 is 17.5 Å². The zero-order valence-corrected chi connectivity index (χ0v) is 11.7. The summed E-state index contributed by atoms with van der Waals surface area (Å²) in [7, 11) is 1.67. The van der Waals surface area contributed by atoms with Gasteiger partial charge in [-0.1, -0.05) is 12.8 Å². The van der Waals surface area contributed by atoms with Gasteiger partial charge < -0.3 is 15.7 Å². The Morgan fingerprint density at radius 3 is 2.60 bits per heavy atom. The Morgan fingerprint density at radius 2 is 2.05 bits per heavy atom. The second kappa shape index (κ2) is 5.20. The standard InChI is InChI=1S/C12H19N5O3/c1-8-9(17(19)20)10(15-11(13)14-8)16(2)7-12(18)5-3-4-6-12/h18H,3-7H2,1-2H3,(H2,13,14,15). The van der Waals surface area contributed by atoms with Gasteiger partial charge in [0.15, 0.2) is 0 Å². The minimum Gasteiger partial charge on any atom is -0.388 e. The number of hydrogen-bond donors (Lipinski definition) is 2. The number of hydrogen-bond acceptors (Lipinski definition) is 7. The van der Waals surface area contributed by atoms with E-state index in [1.54, 1.807) is 11.9 Å². The number of rotatable bonds is 4. The van der Waals surface area contributed by atoms with Crippen molar-refractivity contribution in [3.05, 3.63) is 15.8 Å². The summed E-state index contributed by atoms with van der Waals surface area (Å²) in [5.41, 5.74) is 4.83. The van der Waals surface area contributed by atoms with Crippen LogP contribution in [0.4, 0.5) is 17.5 Å². The average molecular weight is 281 g/mol. The first-order chi connectivity index (χ1) is 9.32. The van der Waals surface area contributed by atoms with Gasteiger partial charge in [-0.3, -0.25) is 10.1 Å². The molecule has 0 aromatic carbocycles. The maximum absolute atomic E-state index is 11.2. The Labute approximate surface area is 116 Å². The van der Waals surface area contributed by atoms with Gasteiger partial charge in [0.2, 0.25) is 11.8 Å². The minimum atomic E-state index is -0.809. The zero-order valence-electron chi connectivity index (χ0n) is 11.7. The lowest BCUT2D eigenvalue weighted by atomic mass is 10.0. The van der Waals surface area contributed by atoms with Gasteiger partial charge in [-0.05, 0) is 19.8 Å². The number of nitrogens with zero attached hydrogens (tertiary/aromatic N) is 4. The van der Waals surface area contributed by atoms with E-state index in [1.165, 1.54) is 6.92 Å². The van der Waals surface area contributed by atoms with Crippen molar-refractivity contribution in [1.82, 2.24) is 9.97 Å². The van der Waals surface area contributed by atoms with Crippen molar-refractivity contribution in [2.45, 2.75) is 38.2 Å². The predicted octanol–water partition coefficient (Wildman–Crippen LogP) is 1.02. The van der Waals surface area contributed by atoms with E-state index in [2.05, 4.69) is 9.97 Å². The lowest BCUT2D eigenvalue weighted by Gasteiger charge is -2.29. The molecule has 1 aliphatic rings. The van der Waals surface area contributed by atoms with Gasteiger partial charge in [-0.15, -0.1) is 0 Å². The smallest absolute Gasteiger partial charge is 0.332 e. The number of aryl methyl sites for hydroxylation is 1. The highest BCUT2D eigenvalue weighted by atomic mass is 16.6. The normalized spacial score (nSPS) is 17.1. The molecule has 0 spiro atoms. The molecule has 0 unspecified atom stereocenters. The highest BCUT2D eigenvalue weighted by Gasteiger charge is 2.34. The number of likely N-dealkylation sites (N-methyl/N-ethyl adjacent to an activating group) is 1. The molecule has 2 rings (SSSR count). The van der Waals surface area contributed by atoms with Gasteiger partial charge in [-0.25, -0.2) is 4.98 Å². The van der Waals surface area contributed by atoms with Crippen molar-refractivity contribution in [1.29, 1.82) is 0 Å². The van der Waals surface area contributed by atoms with Crippen LogP contribution in [0.1, 0.15) is 31.4 Å². The van der Waals surface area contributed by atoms with Gasteiger partial charge in [0, 0.05) is 13.6 Å². The third kappa shape index (κ3) is 2.79. The topological polar surface area (TPSA) is 118 Å². The van der Waals surface area contributed by atoms with E-state index < -0.39 is 10.5 Å². The molecule has 8 heteroatoms. The van der Waals surface area contributed by atoms with Crippen LogP contribution < -0.4 is 10.6 Å². The first-order valence-corrected chi connectivity index (χ1v) is 6.54. The van der Waals surface area contributed by atoms with Crippen LogP contribution in [0.15, 0.2) is 0 Å². The fourth-order valence-electron chi connectivity index (χ4n) is 2.76. The van der Waals surface area contributed by atoms with E-state index in [0.717, 1.165) is 12.8 Å². The van der Waals surface area contributed by atoms with Crippen LogP contribution in [0.25, 0.3) is 0 Å². The summed E-state index contributed by atoms with van der Waals surface area (Å²) in [5, 5.41) is 21.6. The molecule has 1 aromatic rings. The Hall–Kier alpha value is -1.96. The lowest BCUT2D eigenvalue weighted by molar-refractivity contribution is -0.385. The summed E-state index contributed by atoms with van der Waals surface area (Å²) < 4.78 is 0. The Morgan fingerprint density at radius 1 is 1.45 bits per heavy atom. The van der Waals surface area contributed by atoms with E-state index in [9.17, 15) is 15.2 Å². The lowest BCUT2D eigenvalue weighted by Crippen LogP contribution is -2.40. The number of nitro groups is 1. The molecule has 1 aliphatic carbocycles. The van der Waals surface area contributed by atoms with Crippen LogP contribution in [0.5, 0.6) is 0 Å². The molecule has 3 N–H and O–H groups in total. The second-order valence-electron chi connectivity index (χ2n) is 5.38. The van der Waals surface area contributed by atoms with Crippen molar-refractivity contribution in [2.75, 3.05) is 24.2 Å². The fraction of sp³-hybridized carbons (Fsp3) is 0.667. The summed E-state index contributed by atoms with van der Waals surface area (Å²) in [6.45, 7) is 1.82. The maximum atomic E-state index is 11.2. The number of anilines is 2. The van der Waals surface area contributed by atoms with Gasteiger partial charge >= 0.3 is 5.69 Å². The highest BCUT2D eigenvalue weighted by Crippen LogP contribution is 2.34. The van der Waals surface area contributed by atoms with Crippen molar-refractivity contribution in [2.24, 2.45) is 0 Å². The van der Waals surface area contributed by atoms with Crippen molar-refractivity contribution < 1.29 is 10.0 Å². The van der Waals surface area contributed by atoms with E-state index in [-0.39, 0.29) is 23.1 Å². The molecular formula is C12H19N5O3. The molecule has 0 saturated heterocycles. The first kappa shape index (κ1) is 14.4. The summed E-state index contributed by atoms with van der Waals surface area (Å²) in [5.74, 6) is 0.147. The highest BCUT2D eigenvalue weighted by molar-refractivity contribution is 5.61. The molecule has 1 aromatic heterocycles. The molecule has 8 nitrogen and oxygen atoms in total. The fourth-order valence-corrected chi connectivity index (χ4v) is 2.76. The number of nitrogen functional groups attached to an aromatic ring is 1. The molecule has 20 heavy (non-hydrogen) atoms. The number of aromatic nitrogens is 2. The minimum absolute atomic E-state index is 0.00615. The van der Waals surface area contributed by atoms with Crippen LogP contribution in [-0.4, -0.2) is 39.2 Å². The molecule has 1 heterocycles. The Kier molecular flexibility index (Phi) is 3.76. The third-order valence-corrected chi connectivity index (χ3v) is 3.67. The largest absolute Gasteiger partial charge is 0.388 e. The maximum Gasteiger partial charge on any atom is 0.332 e. The van der Waals surface area contributed by atoms with Crippen LogP contribution in [0, 0.1) is 17.0 Å². The van der Waals surface area contributed by atoms with Crippen LogP contribution in [0.2, 0.25) is 0 Å². The molecule has 110 valence electrons. The third-order valence-electron chi connectivity index (χ3n) is 3.67. The monoisotopic (exact) mass is 281 g/mol. The van der Waals surface area contributed by atoms with E-state index in [1.807, 2.05) is 0 Å². The molecular weight excluding hydrogens is 262 g/mol. The number of aliphatic hydroxyl groups is 1. The summed E-state index contributed by atoms with van der Waals surface area (Å²) in [4.78, 5) is 20.0. The van der Waals surface area contributed by atoms with Gasteiger partial charge in [0.25, 0.3) is 0 Å². The summed E-state index contributed by atoms with van der Waals surface area (Å²) >= 11 is 0. The SMILES string of the molecule is Cc1nc(N)nc(N(C)CC2(O)CCCC2)c1[N+](=O)[O-]. The Bertz CT molecular complexity index is 528. The average Bonchev–Trinajstić information content (AvgIpc) is 2.73. The van der Waals surface area contributed by atoms with Crippen LogP contribution in [-0.2, 0) is 0 Å². The van der Waals surface area contributed by atoms with E-state index in [0.29, 0.717) is 19.4 Å². The molecule has 0 radical (unpaired) electrons. The number of nitrogens with two attached hydrogens (primary N) is 1. The quantitative estimate of drug-likeness (QED) is 0.624. The van der Waals surface area contributed by atoms with Gasteiger partial charge in [-0.2, -0.15) is 4.98 Å². The van der Waals surface area contributed by atoms with Crippen molar-refractivity contribution in [3.8, 4) is 0 Å². The van der Waals surface area contributed by atoms with Crippen LogP contribution in [0.3, 0.4) is 0 Å². The Balaban J connectivity index is 2.33. The second-order valence-corrected chi connectivity index (χ2v) is 5.38. The molecule has 0 atom stereocenters. The predicted molar refractivity (Wildman–Crippen MR) is 74.5 cm³/mol. The molecule has 1 saturated carbocycles. The molecule has 0 amide bonds. The van der Waals surface area contributed by atoms with Crippen molar-refractivity contribution in [3.63, 3.8) is 0 Å². The van der Waals surface area contributed by atoms with E-state index >= 15 is 0 Å². The molecule has 0 bridgehead atoms. The molecule has 0 aliphatic heterocycles. The first-order valence-electron chi connectivity index (χ1n) is 6.54. The molecule has 1 fully saturated rings.